The highest BCUT2D eigenvalue weighted by atomic mass is 16.5. The van der Waals surface area contributed by atoms with Crippen LogP contribution in [0.5, 0.6) is 34.5 Å². The molecule has 2 unspecified atom stereocenters. The van der Waals surface area contributed by atoms with E-state index in [0.717, 1.165) is 5.56 Å². The molecule has 0 saturated carbocycles. The first kappa shape index (κ1) is 32.3. The Morgan fingerprint density at radius 2 is 1.19 bits per heavy atom. The van der Waals surface area contributed by atoms with Crippen molar-refractivity contribution in [3.8, 4) is 34.5 Å². The van der Waals surface area contributed by atoms with Crippen molar-refractivity contribution in [2.45, 2.75) is 24.8 Å². The molecule has 0 fully saturated rings. The van der Waals surface area contributed by atoms with Gasteiger partial charge in [0, 0.05) is 23.3 Å². The SMILES string of the molecule is COc1cc(C2CC(=O)C3=C(C2)Nc2ccccc2N(C(=O)c2ccccc2)C3c2cc(OC)c(OC)c(OC)c2)cc(OC)c1OC. The highest BCUT2D eigenvalue weighted by Gasteiger charge is 2.43. The summed E-state index contributed by atoms with van der Waals surface area (Å²) < 4.78 is 33.9. The molecule has 2 atom stereocenters. The van der Waals surface area contributed by atoms with Crippen molar-refractivity contribution in [3.63, 3.8) is 0 Å². The van der Waals surface area contributed by atoms with Gasteiger partial charge in [0.05, 0.1) is 60.1 Å². The van der Waals surface area contributed by atoms with E-state index in [-0.39, 0.29) is 24.0 Å². The van der Waals surface area contributed by atoms with Gasteiger partial charge in [-0.2, -0.15) is 0 Å². The lowest BCUT2D eigenvalue weighted by atomic mass is 9.78. The Kier molecular flexibility index (Phi) is 9.16. The first-order chi connectivity index (χ1) is 23.4. The molecule has 0 saturated heterocycles. The van der Waals surface area contributed by atoms with Gasteiger partial charge in [-0.25, -0.2) is 0 Å². The molecule has 2 aliphatic rings. The van der Waals surface area contributed by atoms with E-state index in [9.17, 15) is 9.59 Å². The molecule has 10 nitrogen and oxygen atoms in total. The number of ketones is 1. The predicted octanol–water partition coefficient (Wildman–Crippen LogP) is 6.95. The van der Waals surface area contributed by atoms with Crippen LogP contribution in [0.25, 0.3) is 0 Å². The van der Waals surface area contributed by atoms with Crippen LogP contribution in [0.15, 0.2) is 90.1 Å². The van der Waals surface area contributed by atoms with Crippen LogP contribution in [0.4, 0.5) is 11.4 Å². The number of rotatable bonds is 9. The summed E-state index contributed by atoms with van der Waals surface area (Å²) in [6.45, 7) is 0. The number of carbonyl (C=O) groups is 2. The van der Waals surface area contributed by atoms with Gasteiger partial charge in [-0.3, -0.25) is 14.5 Å². The lowest BCUT2D eigenvalue weighted by Gasteiger charge is -2.35. The zero-order valence-corrected chi connectivity index (χ0v) is 27.8. The molecule has 0 radical (unpaired) electrons. The molecule has 1 heterocycles. The van der Waals surface area contributed by atoms with E-state index in [1.165, 1.54) is 21.3 Å². The predicted molar refractivity (Wildman–Crippen MR) is 182 cm³/mol. The summed E-state index contributed by atoms with van der Waals surface area (Å²) in [6.07, 6.45) is 0.659. The van der Waals surface area contributed by atoms with Crippen molar-refractivity contribution in [1.29, 1.82) is 0 Å². The van der Waals surface area contributed by atoms with E-state index in [1.54, 1.807) is 50.5 Å². The van der Waals surface area contributed by atoms with E-state index < -0.39 is 6.04 Å². The monoisotopic (exact) mass is 650 g/mol. The molecule has 6 rings (SSSR count). The fraction of sp³-hybridized carbons (Fsp3) is 0.263. The lowest BCUT2D eigenvalue weighted by Crippen LogP contribution is -2.38. The smallest absolute Gasteiger partial charge is 0.259 e. The maximum atomic E-state index is 14.7. The molecular formula is C38H38N2O8. The third-order valence-electron chi connectivity index (χ3n) is 8.89. The fourth-order valence-corrected chi connectivity index (χ4v) is 6.68. The minimum atomic E-state index is -0.842. The standard InChI is InChI=1S/C38H38N2O8/c1-43-30-18-24(19-31(44-2)36(30)47-5)23-16-27-34(29(41)17-23)35(25-20-32(45-3)37(48-6)33(21-25)46-4)40(28-15-11-10-14-26(28)39-27)38(42)22-12-8-7-9-13-22/h7-15,18-21,23,35,39H,16-17H2,1-6H3. The number of ether oxygens (including phenoxy) is 6. The summed E-state index contributed by atoms with van der Waals surface area (Å²) in [5.74, 6) is 2.11. The number of nitrogens with zero attached hydrogens (tertiary/aromatic N) is 1. The van der Waals surface area contributed by atoms with Crippen molar-refractivity contribution in [2.75, 3.05) is 52.9 Å². The normalized spacial score (nSPS) is 17.0. The molecule has 1 N–H and O–H groups in total. The van der Waals surface area contributed by atoms with E-state index in [1.807, 2.05) is 54.6 Å². The second-order valence-corrected chi connectivity index (χ2v) is 11.4. The lowest BCUT2D eigenvalue weighted by molar-refractivity contribution is -0.116. The Bertz CT molecular complexity index is 1840. The number of hydrogen-bond acceptors (Lipinski definition) is 9. The molecule has 1 aliphatic carbocycles. The summed E-state index contributed by atoms with van der Waals surface area (Å²) in [7, 11) is 9.30. The number of methoxy groups -OCH3 is 6. The number of fused-ring (bicyclic) bond motifs is 1. The van der Waals surface area contributed by atoms with Crippen LogP contribution < -0.4 is 38.6 Å². The van der Waals surface area contributed by atoms with Gasteiger partial charge in [0.15, 0.2) is 28.8 Å². The average Bonchev–Trinajstić information content (AvgIpc) is 3.28. The number of carbonyl (C=O) groups excluding carboxylic acids is 2. The minimum Gasteiger partial charge on any atom is -0.493 e. The average molecular weight is 651 g/mol. The maximum absolute atomic E-state index is 14.7. The number of amides is 1. The van der Waals surface area contributed by atoms with Gasteiger partial charge in [-0.05, 0) is 72.0 Å². The molecule has 10 heteroatoms. The van der Waals surface area contributed by atoms with Gasteiger partial charge in [-0.15, -0.1) is 0 Å². The summed E-state index contributed by atoms with van der Waals surface area (Å²) in [5.41, 5.74) is 4.48. The summed E-state index contributed by atoms with van der Waals surface area (Å²) in [4.78, 5) is 31.0. The van der Waals surface area contributed by atoms with Crippen LogP contribution in [0.3, 0.4) is 0 Å². The number of Topliss-reactive ketones (excluding diaryl/α,β-unsaturated/α-hetero) is 1. The van der Waals surface area contributed by atoms with Gasteiger partial charge in [-0.1, -0.05) is 30.3 Å². The Labute approximate surface area is 279 Å². The molecule has 48 heavy (non-hydrogen) atoms. The van der Waals surface area contributed by atoms with Crippen LogP contribution in [0, 0.1) is 0 Å². The zero-order valence-electron chi connectivity index (χ0n) is 27.8. The van der Waals surface area contributed by atoms with Gasteiger partial charge >= 0.3 is 0 Å². The van der Waals surface area contributed by atoms with E-state index in [4.69, 9.17) is 28.4 Å². The van der Waals surface area contributed by atoms with Crippen LogP contribution in [-0.2, 0) is 4.79 Å². The van der Waals surface area contributed by atoms with Gasteiger partial charge in [0.1, 0.15) is 0 Å². The van der Waals surface area contributed by atoms with Crippen LogP contribution in [0.1, 0.15) is 46.3 Å². The Morgan fingerprint density at radius 1 is 0.667 bits per heavy atom. The van der Waals surface area contributed by atoms with Crippen molar-refractivity contribution in [2.24, 2.45) is 0 Å². The van der Waals surface area contributed by atoms with Crippen LogP contribution >= 0.6 is 0 Å². The highest BCUT2D eigenvalue weighted by Crippen LogP contribution is 2.51. The molecule has 0 bridgehead atoms. The molecule has 4 aromatic carbocycles. The molecule has 4 aromatic rings. The molecule has 1 aliphatic heterocycles. The third kappa shape index (κ3) is 5.63. The second kappa shape index (κ2) is 13.6. The van der Waals surface area contributed by atoms with Gasteiger partial charge < -0.3 is 33.7 Å². The highest BCUT2D eigenvalue weighted by molar-refractivity contribution is 6.12. The number of anilines is 2. The minimum absolute atomic E-state index is 0.111. The van der Waals surface area contributed by atoms with Crippen molar-refractivity contribution in [1.82, 2.24) is 0 Å². The number of allylic oxidation sites excluding steroid dienone is 1. The van der Waals surface area contributed by atoms with Crippen molar-refractivity contribution in [3.05, 3.63) is 107 Å². The van der Waals surface area contributed by atoms with E-state index in [0.29, 0.717) is 74.7 Å². The number of benzene rings is 4. The van der Waals surface area contributed by atoms with Gasteiger partial charge in [0.2, 0.25) is 11.5 Å². The molecule has 248 valence electrons. The van der Waals surface area contributed by atoms with Gasteiger partial charge in [0.25, 0.3) is 5.91 Å². The van der Waals surface area contributed by atoms with Crippen molar-refractivity contribution < 1.29 is 38.0 Å². The first-order valence-corrected chi connectivity index (χ1v) is 15.5. The Morgan fingerprint density at radius 3 is 1.73 bits per heavy atom. The Hall–Kier alpha value is -5.64. The van der Waals surface area contributed by atoms with Crippen LogP contribution in [-0.4, -0.2) is 54.3 Å². The first-order valence-electron chi connectivity index (χ1n) is 15.5. The molecular weight excluding hydrogens is 612 g/mol. The summed E-state index contributed by atoms with van der Waals surface area (Å²) >= 11 is 0. The number of para-hydroxylation sites is 2. The quantitative estimate of drug-likeness (QED) is 0.206. The number of hydrogen-bond donors (Lipinski definition) is 1. The van der Waals surface area contributed by atoms with Crippen LogP contribution in [0.2, 0.25) is 0 Å². The third-order valence-corrected chi connectivity index (χ3v) is 8.89. The maximum Gasteiger partial charge on any atom is 0.259 e. The largest absolute Gasteiger partial charge is 0.493 e. The molecule has 1 amide bonds. The number of nitrogens with one attached hydrogen (secondary N) is 1. The Balaban J connectivity index is 1.59. The second-order valence-electron chi connectivity index (χ2n) is 11.4. The molecule has 0 spiro atoms. The summed E-state index contributed by atoms with van der Waals surface area (Å²) in [6, 6.07) is 23.2. The topological polar surface area (TPSA) is 105 Å². The fourth-order valence-electron chi connectivity index (χ4n) is 6.68. The molecule has 0 aromatic heterocycles. The summed E-state index contributed by atoms with van der Waals surface area (Å²) in [5, 5.41) is 3.58. The van der Waals surface area contributed by atoms with E-state index >= 15 is 0 Å². The van der Waals surface area contributed by atoms with Crippen molar-refractivity contribution >= 4 is 23.1 Å². The van der Waals surface area contributed by atoms with E-state index in [2.05, 4.69) is 5.32 Å². The zero-order chi connectivity index (χ0) is 33.9.